The lowest BCUT2D eigenvalue weighted by atomic mass is 10.2. The van der Waals surface area contributed by atoms with Crippen molar-refractivity contribution in [3.63, 3.8) is 0 Å². The minimum Gasteiger partial charge on any atom is -0.354 e. The van der Waals surface area contributed by atoms with Crippen LogP contribution in [0.3, 0.4) is 0 Å². The van der Waals surface area contributed by atoms with Gasteiger partial charge in [0.2, 0.25) is 0 Å². The van der Waals surface area contributed by atoms with E-state index in [1.165, 1.54) is 16.7 Å². The summed E-state index contributed by atoms with van der Waals surface area (Å²) >= 11 is 0. The number of aliphatic imine (C=N–C) groups is 1. The first-order chi connectivity index (χ1) is 11.9. The topological polar surface area (TPSA) is 15.6 Å². The Morgan fingerprint density at radius 1 is 0.583 bits per heavy atom. The molecule has 0 unspecified atom stereocenters. The molecule has 0 aliphatic rings. The van der Waals surface area contributed by atoms with Crippen molar-refractivity contribution in [1.82, 2.24) is 4.90 Å². The first kappa shape index (κ1) is 16.0. The molecule has 2 heteroatoms. The summed E-state index contributed by atoms with van der Waals surface area (Å²) in [4.78, 5) is 6.89. The number of benzene rings is 3. The fraction of sp³-hybridized carbons (Fsp3) is 0.136. The van der Waals surface area contributed by atoms with Crippen molar-refractivity contribution >= 4 is 6.34 Å². The molecule has 120 valence electrons. The van der Waals surface area contributed by atoms with Crippen molar-refractivity contribution in [2.75, 3.05) is 0 Å². The third-order valence-corrected chi connectivity index (χ3v) is 3.82. The van der Waals surface area contributed by atoms with E-state index in [-0.39, 0.29) is 0 Å². The molecule has 0 amide bonds. The molecule has 24 heavy (non-hydrogen) atoms. The van der Waals surface area contributed by atoms with Crippen LogP contribution in [0, 0.1) is 0 Å². The third kappa shape index (κ3) is 5.10. The molecule has 3 aromatic carbocycles. The third-order valence-electron chi connectivity index (χ3n) is 3.82. The van der Waals surface area contributed by atoms with Crippen LogP contribution in [0.25, 0.3) is 0 Å². The molecule has 0 N–H and O–H groups in total. The van der Waals surface area contributed by atoms with Gasteiger partial charge in [0.05, 0.1) is 12.9 Å². The van der Waals surface area contributed by atoms with Gasteiger partial charge in [-0.05, 0) is 16.7 Å². The first-order valence-corrected chi connectivity index (χ1v) is 8.26. The Morgan fingerprint density at radius 2 is 1.00 bits per heavy atom. The average molecular weight is 314 g/mol. The molecular weight excluding hydrogens is 292 g/mol. The lowest BCUT2D eigenvalue weighted by molar-refractivity contribution is 0.417. The van der Waals surface area contributed by atoms with Gasteiger partial charge in [-0.2, -0.15) is 0 Å². The van der Waals surface area contributed by atoms with Crippen molar-refractivity contribution in [1.29, 1.82) is 0 Å². The summed E-state index contributed by atoms with van der Waals surface area (Å²) in [6.45, 7) is 2.42. The maximum atomic E-state index is 4.64. The molecule has 2 nitrogen and oxygen atoms in total. The summed E-state index contributed by atoms with van der Waals surface area (Å²) < 4.78 is 0. The minimum absolute atomic E-state index is 0.709. The molecule has 0 radical (unpaired) electrons. The Bertz CT molecular complexity index is 695. The molecule has 3 aromatic rings. The molecule has 0 bridgehead atoms. The molecule has 0 saturated carbocycles. The van der Waals surface area contributed by atoms with E-state index < -0.39 is 0 Å². The lowest BCUT2D eigenvalue weighted by Gasteiger charge is -2.20. The molecule has 0 aliphatic heterocycles. The van der Waals surface area contributed by atoms with Crippen LogP contribution in [-0.2, 0) is 19.6 Å². The standard InChI is InChI=1S/C22H22N2/c1-4-10-20(11-5-1)16-23-19-24(17-21-12-6-2-7-13-21)18-22-14-8-3-9-15-22/h1-15,19H,16-18H2. The van der Waals surface area contributed by atoms with Gasteiger partial charge >= 0.3 is 0 Å². The van der Waals surface area contributed by atoms with Gasteiger partial charge in [-0.3, -0.25) is 4.99 Å². The molecule has 0 aliphatic carbocycles. The second-order valence-electron chi connectivity index (χ2n) is 5.82. The predicted molar refractivity (Wildman–Crippen MR) is 101 cm³/mol. The van der Waals surface area contributed by atoms with E-state index in [9.17, 15) is 0 Å². The highest BCUT2D eigenvalue weighted by Gasteiger charge is 2.03. The van der Waals surface area contributed by atoms with Gasteiger partial charge in [0.25, 0.3) is 0 Å². The number of hydrogen-bond acceptors (Lipinski definition) is 1. The van der Waals surface area contributed by atoms with Crippen molar-refractivity contribution in [3.05, 3.63) is 108 Å². The van der Waals surface area contributed by atoms with Gasteiger partial charge in [0, 0.05) is 13.1 Å². The maximum absolute atomic E-state index is 4.64. The van der Waals surface area contributed by atoms with E-state index in [0.29, 0.717) is 6.54 Å². The van der Waals surface area contributed by atoms with Gasteiger partial charge in [-0.1, -0.05) is 91.0 Å². The number of hydrogen-bond donors (Lipinski definition) is 0. The quantitative estimate of drug-likeness (QED) is 0.446. The van der Waals surface area contributed by atoms with Crippen LogP contribution in [0.15, 0.2) is 96.0 Å². The lowest BCUT2D eigenvalue weighted by Crippen LogP contribution is -2.21. The van der Waals surface area contributed by atoms with Crippen LogP contribution in [0.1, 0.15) is 16.7 Å². The molecule has 0 saturated heterocycles. The smallest absolute Gasteiger partial charge is 0.0860 e. The van der Waals surface area contributed by atoms with Gasteiger partial charge in [0.15, 0.2) is 0 Å². The summed E-state index contributed by atoms with van der Waals surface area (Å²) in [7, 11) is 0. The summed E-state index contributed by atoms with van der Waals surface area (Å²) in [6, 6.07) is 31.4. The Hall–Kier alpha value is -2.87. The van der Waals surface area contributed by atoms with Crippen LogP contribution in [0.2, 0.25) is 0 Å². The SMILES string of the molecule is C(=NCc1ccccc1)N(Cc1ccccc1)Cc1ccccc1. The van der Waals surface area contributed by atoms with Crippen molar-refractivity contribution in [2.24, 2.45) is 4.99 Å². The number of rotatable bonds is 7. The van der Waals surface area contributed by atoms with Gasteiger partial charge in [-0.25, -0.2) is 0 Å². The average Bonchev–Trinajstić information content (AvgIpc) is 2.64. The van der Waals surface area contributed by atoms with E-state index in [4.69, 9.17) is 0 Å². The fourth-order valence-electron chi connectivity index (χ4n) is 2.62. The summed E-state index contributed by atoms with van der Waals surface area (Å²) in [5.74, 6) is 0. The van der Waals surface area contributed by atoms with Crippen LogP contribution < -0.4 is 0 Å². The van der Waals surface area contributed by atoms with Crippen molar-refractivity contribution in [3.8, 4) is 0 Å². The molecule has 0 spiro atoms. The molecule has 0 aromatic heterocycles. The van der Waals surface area contributed by atoms with Crippen LogP contribution in [0.5, 0.6) is 0 Å². The zero-order valence-electron chi connectivity index (χ0n) is 13.8. The van der Waals surface area contributed by atoms with E-state index in [0.717, 1.165) is 13.1 Å². The monoisotopic (exact) mass is 314 g/mol. The maximum Gasteiger partial charge on any atom is 0.0860 e. The van der Waals surface area contributed by atoms with E-state index in [1.807, 2.05) is 12.4 Å². The fourth-order valence-corrected chi connectivity index (χ4v) is 2.62. The summed E-state index contributed by atoms with van der Waals surface area (Å²) in [5.41, 5.74) is 3.81. The Morgan fingerprint density at radius 3 is 1.46 bits per heavy atom. The van der Waals surface area contributed by atoms with Gasteiger partial charge < -0.3 is 4.90 Å². The molecule has 0 heterocycles. The normalized spacial score (nSPS) is 10.8. The van der Waals surface area contributed by atoms with E-state index >= 15 is 0 Å². The Balaban J connectivity index is 1.69. The van der Waals surface area contributed by atoms with Crippen LogP contribution in [-0.4, -0.2) is 11.2 Å². The van der Waals surface area contributed by atoms with Crippen molar-refractivity contribution in [2.45, 2.75) is 19.6 Å². The first-order valence-electron chi connectivity index (χ1n) is 8.26. The zero-order valence-corrected chi connectivity index (χ0v) is 13.8. The largest absolute Gasteiger partial charge is 0.354 e. The molecule has 0 atom stereocenters. The van der Waals surface area contributed by atoms with Gasteiger partial charge in [0.1, 0.15) is 0 Å². The molecule has 0 fully saturated rings. The van der Waals surface area contributed by atoms with E-state index in [1.54, 1.807) is 0 Å². The number of nitrogens with zero attached hydrogens (tertiary/aromatic N) is 2. The highest BCUT2D eigenvalue weighted by Crippen LogP contribution is 2.09. The van der Waals surface area contributed by atoms with Crippen LogP contribution in [0.4, 0.5) is 0 Å². The summed E-state index contributed by atoms with van der Waals surface area (Å²) in [6.07, 6.45) is 1.98. The second-order valence-corrected chi connectivity index (χ2v) is 5.82. The zero-order chi connectivity index (χ0) is 16.5. The Kier molecular flexibility index (Phi) is 5.79. The predicted octanol–water partition coefficient (Wildman–Crippen LogP) is 4.92. The minimum atomic E-state index is 0.709. The van der Waals surface area contributed by atoms with E-state index in [2.05, 4.69) is 94.8 Å². The Labute approximate surface area is 144 Å². The molecular formula is C22H22N2. The molecule has 3 rings (SSSR count). The van der Waals surface area contributed by atoms with Gasteiger partial charge in [-0.15, -0.1) is 0 Å². The van der Waals surface area contributed by atoms with Crippen molar-refractivity contribution < 1.29 is 0 Å². The highest BCUT2D eigenvalue weighted by atomic mass is 15.1. The summed E-state index contributed by atoms with van der Waals surface area (Å²) in [5, 5.41) is 0. The highest BCUT2D eigenvalue weighted by molar-refractivity contribution is 5.55. The van der Waals surface area contributed by atoms with Crippen LogP contribution >= 0.6 is 0 Å². The second kappa shape index (κ2) is 8.68.